The Bertz CT molecular complexity index is 839. The monoisotopic (exact) mass is 368 g/mol. The molecule has 5 heteroatoms. The molecule has 1 aliphatic rings. The smallest absolute Gasteiger partial charge is 0.408 e. The largest absolute Gasteiger partial charge is 0.480 e. The molecule has 3 rings (SSSR count). The second-order valence-corrected chi connectivity index (χ2v) is 7.04. The van der Waals surface area contributed by atoms with E-state index >= 15 is 0 Å². The molecule has 142 valence electrons. The Labute approximate surface area is 160 Å². The lowest BCUT2D eigenvalue weighted by molar-refractivity contribution is -0.146. The van der Waals surface area contributed by atoms with Gasteiger partial charge in [0.15, 0.2) is 0 Å². The number of aliphatic carboxylic acids is 1. The van der Waals surface area contributed by atoms with Crippen LogP contribution in [-0.4, -0.2) is 29.3 Å². The number of fused-ring (bicyclic) bond motifs is 3. The first-order valence-corrected chi connectivity index (χ1v) is 9.10. The number of hydrogen-bond donors (Lipinski definition) is 2. The van der Waals surface area contributed by atoms with Gasteiger partial charge in [-0.05, 0) is 35.1 Å². The van der Waals surface area contributed by atoms with Gasteiger partial charge in [0.1, 0.15) is 12.1 Å². The van der Waals surface area contributed by atoms with Crippen LogP contribution in [0.1, 0.15) is 45.6 Å². The summed E-state index contributed by atoms with van der Waals surface area (Å²) >= 11 is 0. The van der Waals surface area contributed by atoms with Crippen molar-refractivity contribution in [1.82, 2.24) is 5.32 Å². The highest BCUT2D eigenvalue weighted by Crippen LogP contribution is 2.44. The normalized spacial score (nSPS) is 16.4. The van der Waals surface area contributed by atoms with Crippen LogP contribution in [0.2, 0.25) is 0 Å². The molecule has 0 spiro atoms. The van der Waals surface area contributed by atoms with Gasteiger partial charge in [-0.1, -0.05) is 68.8 Å². The van der Waals surface area contributed by atoms with Crippen molar-refractivity contribution in [2.75, 3.05) is 6.61 Å². The number of carbonyl (C=O) groups is 2. The number of carboxylic acid groups (broad SMARTS) is 1. The number of hydrogen-bond acceptors (Lipinski definition) is 3. The molecule has 0 bridgehead atoms. The summed E-state index contributed by atoms with van der Waals surface area (Å²) in [5, 5.41) is 12.1. The SMILES string of the molecule is [2H]C[C@@](NC(=O)OCC1c2ccccc2-c2ccccc21)(C(=O)O)[C@H](C)CC. The van der Waals surface area contributed by atoms with Crippen molar-refractivity contribution >= 4 is 12.1 Å². The van der Waals surface area contributed by atoms with Crippen molar-refractivity contribution in [3.8, 4) is 11.1 Å². The van der Waals surface area contributed by atoms with Crippen LogP contribution in [0.15, 0.2) is 48.5 Å². The predicted molar refractivity (Wildman–Crippen MR) is 104 cm³/mol. The minimum Gasteiger partial charge on any atom is -0.480 e. The fraction of sp³-hybridized carbons (Fsp3) is 0.364. The number of alkyl carbamates (subject to hydrolysis) is 1. The zero-order chi connectivity index (χ0) is 20.3. The summed E-state index contributed by atoms with van der Waals surface area (Å²) in [6, 6.07) is 16.0. The van der Waals surface area contributed by atoms with E-state index in [-0.39, 0.29) is 12.5 Å². The molecule has 2 atom stereocenters. The maximum atomic E-state index is 12.4. The van der Waals surface area contributed by atoms with Crippen molar-refractivity contribution in [2.24, 2.45) is 5.92 Å². The highest BCUT2D eigenvalue weighted by atomic mass is 16.5. The maximum absolute atomic E-state index is 12.4. The Morgan fingerprint density at radius 1 is 1.19 bits per heavy atom. The molecule has 0 fully saturated rings. The third-order valence-electron chi connectivity index (χ3n) is 5.50. The number of carboxylic acids is 1. The van der Waals surface area contributed by atoms with E-state index in [1.165, 1.54) is 0 Å². The lowest BCUT2D eigenvalue weighted by Gasteiger charge is -2.31. The molecule has 0 unspecified atom stereocenters. The van der Waals surface area contributed by atoms with Crippen LogP contribution in [0.25, 0.3) is 11.1 Å². The second kappa shape index (κ2) is 7.43. The van der Waals surface area contributed by atoms with Gasteiger partial charge in [0, 0.05) is 7.29 Å². The van der Waals surface area contributed by atoms with Crippen LogP contribution >= 0.6 is 0 Å². The Morgan fingerprint density at radius 3 is 2.22 bits per heavy atom. The molecule has 0 aromatic heterocycles. The summed E-state index contributed by atoms with van der Waals surface area (Å²) in [6.45, 7) is 3.19. The van der Waals surface area contributed by atoms with Gasteiger partial charge in [-0.3, -0.25) is 0 Å². The highest BCUT2D eigenvalue weighted by molar-refractivity contribution is 5.84. The molecule has 0 radical (unpaired) electrons. The zero-order valence-corrected chi connectivity index (χ0v) is 15.6. The number of carbonyl (C=O) groups excluding carboxylic acids is 1. The Hall–Kier alpha value is -2.82. The molecule has 0 aliphatic heterocycles. The van der Waals surface area contributed by atoms with Gasteiger partial charge in [0.2, 0.25) is 0 Å². The molecule has 1 aliphatic carbocycles. The molecule has 2 N–H and O–H groups in total. The second-order valence-electron chi connectivity index (χ2n) is 7.04. The fourth-order valence-electron chi connectivity index (χ4n) is 3.55. The maximum Gasteiger partial charge on any atom is 0.408 e. The summed E-state index contributed by atoms with van der Waals surface area (Å²) in [5.41, 5.74) is 2.76. The molecule has 0 heterocycles. The third kappa shape index (κ3) is 3.42. The van der Waals surface area contributed by atoms with Gasteiger partial charge < -0.3 is 15.2 Å². The molecule has 2 aromatic carbocycles. The molecule has 5 nitrogen and oxygen atoms in total. The molecule has 2 aromatic rings. The van der Waals surface area contributed by atoms with E-state index in [2.05, 4.69) is 5.32 Å². The lowest BCUT2D eigenvalue weighted by atomic mass is 9.85. The van der Waals surface area contributed by atoms with Crippen LogP contribution in [0.3, 0.4) is 0 Å². The summed E-state index contributed by atoms with van der Waals surface area (Å²) < 4.78 is 13.2. The fourth-order valence-corrected chi connectivity index (χ4v) is 3.55. The van der Waals surface area contributed by atoms with Gasteiger partial charge >= 0.3 is 12.1 Å². The quantitative estimate of drug-likeness (QED) is 0.792. The van der Waals surface area contributed by atoms with Crippen LogP contribution in [0.4, 0.5) is 4.79 Å². The summed E-state index contributed by atoms with van der Waals surface area (Å²) in [7, 11) is 0. The first kappa shape index (κ1) is 17.6. The summed E-state index contributed by atoms with van der Waals surface area (Å²) in [6.07, 6.45) is -0.286. The van der Waals surface area contributed by atoms with E-state index in [1.54, 1.807) is 6.92 Å². The first-order valence-electron chi connectivity index (χ1n) is 9.81. The van der Waals surface area contributed by atoms with Gasteiger partial charge in [0.05, 0.1) is 0 Å². The first-order chi connectivity index (χ1) is 13.4. The van der Waals surface area contributed by atoms with Crippen LogP contribution in [0, 0.1) is 5.92 Å². The van der Waals surface area contributed by atoms with E-state index in [9.17, 15) is 14.7 Å². The van der Waals surface area contributed by atoms with E-state index in [4.69, 9.17) is 6.11 Å². The van der Waals surface area contributed by atoms with Crippen molar-refractivity contribution in [1.29, 1.82) is 0 Å². The summed E-state index contributed by atoms with van der Waals surface area (Å²) in [4.78, 5) is 24.2. The van der Waals surface area contributed by atoms with Gasteiger partial charge in [0.25, 0.3) is 0 Å². The topological polar surface area (TPSA) is 75.6 Å². The third-order valence-corrected chi connectivity index (χ3v) is 5.50. The van der Waals surface area contributed by atoms with Crippen LogP contribution in [0.5, 0.6) is 0 Å². The predicted octanol–water partition coefficient (Wildman–Crippen LogP) is 4.41. The Balaban J connectivity index is 1.77. The number of ether oxygens (including phenoxy) is 1. The molecular weight excluding hydrogens is 342 g/mol. The molecule has 27 heavy (non-hydrogen) atoms. The van der Waals surface area contributed by atoms with Crippen molar-refractivity contribution in [3.63, 3.8) is 0 Å². The molecule has 0 saturated heterocycles. The van der Waals surface area contributed by atoms with Gasteiger partial charge in [-0.25, -0.2) is 9.59 Å². The van der Waals surface area contributed by atoms with Crippen LogP contribution < -0.4 is 5.32 Å². The minimum atomic E-state index is -1.66. The number of rotatable bonds is 6. The minimum absolute atomic E-state index is 0.100. The zero-order valence-electron chi connectivity index (χ0n) is 16.6. The number of nitrogens with one attached hydrogen (secondary N) is 1. The van der Waals surface area contributed by atoms with E-state index in [0.717, 1.165) is 22.3 Å². The van der Waals surface area contributed by atoms with E-state index < -0.39 is 30.4 Å². The molecular formula is C22H25NO4. The van der Waals surface area contributed by atoms with Crippen molar-refractivity contribution < 1.29 is 20.8 Å². The average molecular weight is 368 g/mol. The van der Waals surface area contributed by atoms with Gasteiger partial charge in [-0.15, -0.1) is 0 Å². The molecule has 1 amide bonds. The molecule has 0 saturated carbocycles. The Kier molecular flexibility index (Phi) is 4.84. The average Bonchev–Trinajstić information content (AvgIpc) is 3.03. The lowest BCUT2D eigenvalue weighted by Crippen LogP contribution is -2.56. The van der Waals surface area contributed by atoms with Crippen molar-refractivity contribution in [3.05, 3.63) is 59.7 Å². The van der Waals surface area contributed by atoms with Gasteiger partial charge in [-0.2, -0.15) is 0 Å². The van der Waals surface area contributed by atoms with E-state index in [0.29, 0.717) is 6.42 Å². The summed E-state index contributed by atoms with van der Waals surface area (Å²) in [5.74, 6) is -1.72. The highest BCUT2D eigenvalue weighted by Gasteiger charge is 2.40. The number of amides is 1. The Morgan fingerprint density at radius 2 is 1.74 bits per heavy atom. The van der Waals surface area contributed by atoms with Crippen molar-refractivity contribution in [2.45, 2.75) is 38.6 Å². The number of benzene rings is 2. The van der Waals surface area contributed by atoms with E-state index in [1.807, 2.05) is 55.5 Å². The van der Waals surface area contributed by atoms with Crippen LogP contribution in [-0.2, 0) is 9.53 Å². The standard InChI is InChI=1S/C22H25NO4/c1-4-14(2)22(3,20(24)25)23-21(26)27-13-19-17-11-7-5-9-15(17)16-10-6-8-12-18(16)19/h5-12,14,19H,4,13H2,1-3H3,(H,23,26)(H,24,25)/t14-,22+/m1/s1/i3D.